The summed E-state index contributed by atoms with van der Waals surface area (Å²) in [5.41, 5.74) is 7.16. The van der Waals surface area contributed by atoms with Crippen LogP contribution < -0.4 is 10.5 Å². The number of oxime groups is 1. The highest BCUT2D eigenvalue weighted by atomic mass is 16.5. The molecule has 0 spiro atoms. The minimum Gasteiger partial charge on any atom is -0.457 e. The van der Waals surface area contributed by atoms with E-state index in [2.05, 4.69) is 5.16 Å². The molecular formula is C15H16N2O3. The van der Waals surface area contributed by atoms with E-state index in [0.29, 0.717) is 23.5 Å². The monoisotopic (exact) mass is 272 g/mol. The Balaban J connectivity index is 2.06. The predicted octanol–water partition coefficient (Wildman–Crippen LogP) is 2.11. The van der Waals surface area contributed by atoms with E-state index in [4.69, 9.17) is 20.8 Å². The molecule has 5 heteroatoms. The van der Waals surface area contributed by atoms with E-state index in [0.717, 1.165) is 5.56 Å². The normalized spacial score (nSPS) is 11.3. The highest BCUT2D eigenvalue weighted by molar-refractivity contribution is 5.97. The van der Waals surface area contributed by atoms with Gasteiger partial charge in [0.25, 0.3) is 0 Å². The standard InChI is InChI=1S/C15H16N2O3/c16-15(17-19)12-3-7-14(8-4-12)20-13-5-1-11(2-6-13)9-10-18/h1-8,18-19H,9-10H2,(H2,16,17). The fourth-order valence-electron chi connectivity index (χ4n) is 1.74. The third-order valence-corrected chi connectivity index (χ3v) is 2.82. The van der Waals surface area contributed by atoms with Gasteiger partial charge in [-0.05, 0) is 48.4 Å². The zero-order valence-corrected chi connectivity index (χ0v) is 10.9. The van der Waals surface area contributed by atoms with Crippen LogP contribution in [-0.2, 0) is 6.42 Å². The third kappa shape index (κ3) is 3.49. The van der Waals surface area contributed by atoms with Gasteiger partial charge in [-0.3, -0.25) is 0 Å². The zero-order chi connectivity index (χ0) is 14.4. The summed E-state index contributed by atoms with van der Waals surface area (Å²) in [4.78, 5) is 0. The Hall–Kier alpha value is -2.53. The largest absolute Gasteiger partial charge is 0.457 e. The summed E-state index contributed by atoms with van der Waals surface area (Å²) in [7, 11) is 0. The van der Waals surface area contributed by atoms with E-state index >= 15 is 0 Å². The first-order chi connectivity index (χ1) is 9.72. The van der Waals surface area contributed by atoms with Crippen LogP contribution in [0.1, 0.15) is 11.1 Å². The number of nitrogens with two attached hydrogens (primary N) is 1. The maximum atomic E-state index is 8.85. The predicted molar refractivity (Wildman–Crippen MR) is 76.3 cm³/mol. The Kier molecular flexibility index (Phi) is 4.57. The van der Waals surface area contributed by atoms with Gasteiger partial charge in [0.05, 0.1) is 0 Å². The maximum Gasteiger partial charge on any atom is 0.170 e. The van der Waals surface area contributed by atoms with Crippen LogP contribution in [0.4, 0.5) is 0 Å². The molecule has 4 N–H and O–H groups in total. The molecule has 2 rings (SSSR count). The topological polar surface area (TPSA) is 88.1 Å². The number of aliphatic hydroxyl groups excluding tert-OH is 1. The Bertz CT molecular complexity index is 577. The van der Waals surface area contributed by atoms with Gasteiger partial charge in [0.2, 0.25) is 0 Å². The summed E-state index contributed by atoms with van der Waals surface area (Å²) in [5.74, 6) is 1.43. The van der Waals surface area contributed by atoms with Crippen LogP contribution in [-0.4, -0.2) is 22.8 Å². The number of amidine groups is 1. The van der Waals surface area contributed by atoms with Crippen molar-refractivity contribution in [2.75, 3.05) is 6.61 Å². The molecule has 0 aliphatic carbocycles. The van der Waals surface area contributed by atoms with Gasteiger partial charge < -0.3 is 20.8 Å². The van der Waals surface area contributed by atoms with Crippen molar-refractivity contribution in [1.29, 1.82) is 0 Å². The molecule has 0 aliphatic rings. The number of ether oxygens (including phenoxy) is 1. The molecule has 0 bridgehead atoms. The van der Waals surface area contributed by atoms with Crippen LogP contribution in [0.2, 0.25) is 0 Å². The first-order valence-corrected chi connectivity index (χ1v) is 6.18. The summed E-state index contributed by atoms with van der Waals surface area (Å²) < 4.78 is 5.67. The first-order valence-electron chi connectivity index (χ1n) is 6.18. The molecule has 0 unspecified atom stereocenters. The molecule has 0 aliphatic heterocycles. The fraction of sp³-hybridized carbons (Fsp3) is 0.133. The maximum absolute atomic E-state index is 8.85. The number of rotatable bonds is 5. The Morgan fingerprint density at radius 3 is 2.05 bits per heavy atom. The van der Waals surface area contributed by atoms with Crippen molar-refractivity contribution in [3.05, 3.63) is 59.7 Å². The zero-order valence-electron chi connectivity index (χ0n) is 10.9. The van der Waals surface area contributed by atoms with Gasteiger partial charge in [-0.15, -0.1) is 0 Å². The number of hydrogen-bond acceptors (Lipinski definition) is 4. The summed E-state index contributed by atoms with van der Waals surface area (Å²) in [6, 6.07) is 14.4. The van der Waals surface area contributed by atoms with Gasteiger partial charge in [0, 0.05) is 12.2 Å². The Morgan fingerprint density at radius 2 is 1.55 bits per heavy atom. The van der Waals surface area contributed by atoms with E-state index < -0.39 is 0 Å². The molecule has 0 aromatic heterocycles. The quantitative estimate of drug-likeness (QED) is 0.336. The van der Waals surface area contributed by atoms with Crippen LogP contribution >= 0.6 is 0 Å². The van der Waals surface area contributed by atoms with Crippen molar-refractivity contribution in [2.45, 2.75) is 6.42 Å². The summed E-state index contributed by atoms with van der Waals surface area (Å²) in [6.45, 7) is 0.134. The average Bonchev–Trinajstić information content (AvgIpc) is 2.49. The van der Waals surface area contributed by atoms with Crippen molar-refractivity contribution in [3.8, 4) is 11.5 Å². The molecule has 20 heavy (non-hydrogen) atoms. The molecule has 0 amide bonds. The van der Waals surface area contributed by atoms with E-state index in [-0.39, 0.29) is 12.4 Å². The molecule has 104 valence electrons. The van der Waals surface area contributed by atoms with Gasteiger partial charge in [-0.1, -0.05) is 17.3 Å². The molecule has 0 atom stereocenters. The van der Waals surface area contributed by atoms with Crippen LogP contribution in [0.15, 0.2) is 53.7 Å². The van der Waals surface area contributed by atoms with Gasteiger partial charge in [-0.25, -0.2) is 0 Å². The second kappa shape index (κ2) is 6.58. The van der Waals surface area contributed by atoms with Crippen LogP contribution in [0, 0.1) is 0 Å². The molecule has 0 saturated heterocycles. The molecule has 0 heterocycles. The van der Waals surface area contributed by atoms with E-state index in [1.165, 1.54) is 0 Å². The van der Waals surface area contributed by atoms with Gasteiger partial charge in [0.1, 0.15) is 11.5 Å². The summed E-state index contributed by atoms with van der Waals surface area (Å²) in [5, 5.41) is 20.4. The van der Waals surface area contributed by atoms with Crippen molar-refractivity contribution in [2.24, 2.45) is 10.9 Å². The number of benzene rings is 2. The lowest BCUT2D eigenvalue weighted by atomic mass is 10.1. The second-order valence-corrected chi connectivity index (χ2v) is 4.23. The lowest BCUT2D eigenvalue weighted by Gasteiger charge is -2.07. The van der Waals surface area contributed by atoms with Gasteiger partial charge in [0.15, 0.2) is 5.84 Å². The molecule has 2 aromatic carbocycles. The van der Waals surface area contributed by atoms with E-state index in [1.54, 1.807) is 24.3 Å². The Labute approximate surface area is 116 Å². The van der Waals surface area contributed by atoms with Crippen molar-refractivity contribution >= 4 is 5.84 Å². The summed E-state index contributed by atoms with van der Waals surface area (Å²) >= 11 is 0. The summed E-state index contributed by atoms with van der Waals surface area (Å²) in [6.07, 6.45) is 0.634. The minimum atomic E-state index is 0.0601. The fourth-order valence-corrected chi connectivity index (χ4v) is 1.74. The van der Waals surface area contributed by atoms with Crippen molar-refractivity contribution in [1.82, 2.24) is 0 Å². The van der Waals surface area contributed by atoms with E-state index in [1.807, 2.05) is 24.3 Å². The second-order valence-electron chi connectivity index (χ2n) is 4.23. The molecule has 5 nitrogen and oxygen atoms in total. The molecule has 0 fully saturated rings. The molecule has 2 aromatic rings. The molecule has 0 saturated carbocycles. The van der Waals surface area contributed by atoms with Gasteiger partial charge in [-0.2, -0.15) is 0 Å². The molecular weight excluding hydrogens is 256 g/mol. The van der Waals surface area contributed by atoms with Crippen LogP contribution in [0.25, 0.3) is 0 Å². The SMILES string of the molecule is N/C(=N/O)c1ccc(Oc2ccc(CCO)cc2)cc1. The van der Waals surface area contributed by atoms with Gasteiger partial charge >= 0.3 is 0 Å². The lowest BCUT2D eigenvalue weighted by molar-refractivity contribution is 0.299. The Morgan fingerprint density at radius 1 is 1.00 bits per heavy atom. The number of hydrogen-bond donors (Lipinski definition) is 3. The third-order valence-electron chi connectivity index (χ3n) is 2.82. The lowest BCUT2D eigenvalue weighted by Crippen LogP contribution is -2.12. The molecule has 0 radical (unpaired) electrons. The van der Waals surface area contributed by atoms with Crippen molar-refractivity contribution < 1.29 is 15.1 Å². The van der Waals surface area contributed by atoms with Crippen molar-refractivity contribution in [3.63, 3.8) is 0 Å². The minimum absolute atomic E-state index is 0.0601. The van der Waals surface area contributed by atoms with Crippen LogP contribution in [0.3, 0.4) is 0 Å². The van der Waals surface area contributed by atoms with Crippen LogP contribution in [0.5, 0.6) is 11.5 Å². The highest BCUT2D eigenvalue weighted by Crippen LogP contribution is 2.22. The average molecular weight is 272 g/mol. The smallest absolute Gasteiger partial charge is 0.170 e. The highest BCUT2D eigenvalue weighted by Gasteiger charge is 2.01. The number of aliphatic hydroxyl groups is 1. The van der Waals surface area contributed by atoms with E-state index in [9.17, 15) is 0 Å². The number of nitrogens with zero attached hydrogens (tertiary/aromatic N) is 1. The first kappa shape index (κ1) is 13.9.